The lowest BCUT2D eigenvalue weighted by molar-refractivity contribution is -0.137. The van der Waals surface area contributed by atoms with Crippen molar-refractivity contribution in [1.82, 2.24) is 0 Å². The molecular weight excluding hydrogens is 313 g/mol. The number of ether oxygens (including phenoxy) is 1. The van der Waals surface area contributed by atoms with Crippen LogP contribution in [-0.2, 0) is 12.7 Å². The first-order valence-electron chi connectivity index (χ1n) is 6.78. The van der Waals surface area contributed by atoms with E-state index in [0.717, 1.165) is 12.1 Å². The van der Waals surface area contributed by atoms with Gasteiger partial charge in [-0.15, -0.1) is 0 Å². The molecule has 1 amide bonds. The Balaban J connectivity index is 2.30. The molecule has 2 rings (SSSR count). The monoisotopic (exact) mass is 328 g/mol. The van der Waals surface area contributed by atoms with Gasteiger partial charge in [-0.1, -0.05) is 0 Å². The Hall–Kier alpha value is -2.48. The van der Waals surface area contributed by atoms with Crippen molar-refractivity contribution < 1.29 is 27.1 Å². The van der Waals surface area contributed by atoms with E-state index in [1.54, 1.807) is 6.92 Å². The third-order valence-corrected chi connectivity index (χ3v) is 2.97. The quantitative estimate of drug-likeness (QED) is 0.882. The third-order valence-electron chi connectivity index (χ3n) is 2.97. The van der Waals surface area contributed by atoms with E-state index in [4.69, 9.17) is 14.9 Å². The predicted octanol–water partition coefficient (Wildman–Crippen LogP) is 3.41. The third kappa shape index (κ3) is 4.04. The van der Waals surface area contributed by atoms with Crippen LogP contribution in [0.25, 0.3) is 0 Å². The molecule has 3 N–H and O–H groups in total. The molecule has 0 aliphatic heterocycles. The van der Waals surface area contributed by atoms with E-state index in [1.165, 1.54) is 18.4 Å². The molecule has 0 atom stereocenters. The number of carbonyl (C=O) groups is 1. The van der Waals surface area contributed by atoms with E-state index in [-0.39, 0.29) is 30.2 Å². The number of amides is 1. The second-order valence-corrected chi connectivity index (χ2v) is 4.60. The highest BCUT2D eigenvalue weighted by Gasteiger charge is 2.31. The smallest absolute Gasteiger partial charge is 0.416 e. The number of anilines is 1. The van der Waals surface area contributed by atoms with E-state index in [1.807, 2.05) is 0 Å². The van der Waals surface area contributed by atoms with Crippen LogP contribution in [0.4, 0.5) is 18.9 Å². The summed E-state index contributed by atoms with van der Waals surface area (Å²) in [5.41, 5.74) is 4.58. The topological polar surface area (TPSA) is 77.5 Å². The van der Waals surface area contributed by atoms with E-state index < -0.39 is 17.6 Å². The van der Waals surface area contributed by atoms with E-state index >= 15 is 0 Å². The molecule has 124 valence electrons. The fourth-order valence-electron chi connectivity index (χ4n) is 1.89. The summed E-state index contributed by atoms with van der Waals surface area (Å²) in [5, 5.41) is 2.40. The average Bonchev–Trinajstić information content (AvgIpc) is 2.97. The Kier molecular flexibility index (Phi) is 4.95. The number of halogens is 3. The van der Waals surface area contributed by atoms with Crippen molar-refractivity contribution in [3.05, 3.63) is 47.4 Å². The molecule has 0 saturated heterocycles. The normalized spacial score (nSPS) is 11.3. The highest BCUT2D eigenvalue weighted by molar-refractivity contribution is 6.05. The number of hydrogen-bond donors (Lipinski definition) is 2. The van der Waals surface area contributed by atoms with Crippen LogP contribution in [0.2, 0.25) is 0 Å². The van der Waals surface area contributed by atoms with Gasteiger partial charge in [-0.3, -0.25) is 4.79 Å². The molecule has 0 aliphatic rings. The number of nitrogens with one attached hydrogen (secondary N) is 1. The first kappa shape index (κ1) is 16.9. The van der Waals surface area contributed by atoms with Crippen molar-refractivity contribution in [2.75, 3.05) is 11.9 Å². The fourth-order valence-corrected chi connectivity index (χ4v) is 1.89. The predicted molar refractivity (Wildman–Crippen MR) is 77.2 cm³/mol. The van der Waals surface area contributed by atoms with Gasteiger partial charge in [-0.05, 0) is 31.2 Å². The van der Waals surface area contributed by atoms with Crippen molar-refractivity contribution in [3.8, 4) is 5.75 Å². The summed E-state index contributed by atoms with van der Waals surface area (Å²) < 4.78 is 48.7. The summed E-state index contributed by atoms with van der Waals surface area (Å²) in [4.78, 5) is 12.1. The average molecular weight is 328 g/mol. The van der Waals surface area contributed by atoms with Crippen LogP contribution in [0.3, 0.4) is 0 Å². The van der Waals surface area contributed by atoms with Gasteiger partial charge in [0.1, 0.15) is 17.8 Å². The molecule has 0 bridgehead atoms. The maximum absolute atomic E-state index is 12.8. The summed E-state index contributed by atoms with van der Waals surface area (Å²) in [6.07, 6.45) is -3.34. The van der Waals surface area contributed by atoms with Gasteiger partial charge in [-0.25, -0.2) is 0 Å². The van der Waals surface area contributed by atoms with Gasteiger partial charge in [0, 0.05) is 0 Å². The zero-order valence-electron chi connectivity index (χ0n) is 12.2. The number of furan rings is 1. The molecule has 23 heavy (non-hydrogen) atoms. The van der Waals surface area contributed by atoms with Gasteiger partial charge in [0.15, 0.2) is 0 Å². The first-order valence-corrected chi connectivity index (χ1v) is 6.78. The SMILES string of the molecule is CCOc1ccc(C(F)(F)F)cc1NC(=O)c1coc(CN)c1. The number of nitrogens with two attached hydrogens (primary N) is 1. The summed E-state index contributed by atoms with van der Waals surface area (Å²) in [6.45, 7) is 2.05. The lowest BCUT2D eigenvalue weighted by Crippen LogP contribution is -2.14. The maximum Gasteiger partial charge on any atom is 0.416 e. The molecule has 1 heterocycles. The number of alkyl halides is 3. The van der Waals surface area contributed by atoms with Crippen molar-refractivity contribution in [2.45, 2.75) is 19.6 Å². The van der Waals surface area contributed by atoms with Crippen LogP contribution in [-0.4, -0.2) is 12.5 Å². The number of benzene rings is 1. The fraction of sp³-hybridized carbons (Fsp3) is 0.267. The molecule has 0 unspecified atom stereocenters. The van der Waals surface area contributed by atoms with Crippen molar-refractivity contribution in [1.29, 1.82) is 0 Å². The Bertz CT molecular complexity index is 696. The molecule has 0 saturated carbocycles. The molecule has 0 radical (unpaired) electrons. The van der Waals surface area contributed by atoms with Gasteiger partial charge < -0.3 is 20.2 Å². The van der Waals surface area contributed by atoms with Crippen molar-refractivity contribution >= 4 is 11.6 Å². The van der Waals surface area contributed by atoms with Gasteiger partial charge in [-0.2, -0.15) is 13.2 Å². The standard InChI is InChI=1S/C15H15F3N2O3/c1-2-22-13-4-3-10(15(16,17)18)6-12(13)20-14(21)9-5-11(7-19)23-8-9/h3-6,8H,2,7,19H2,1H3,(H,20,21). The molecule has 0 fully saturated rings. The second-order valence-electron chi connectivity index (χ2n) is 4.60. The van der Waals surface area contributed by atoms with Crippen LogP contribution < -0.4 is 15.8 Å². The Morgan fingerprint density at radius 3 is 2.65 bits per heavy atom. The summed E-state index contributed by atoms with van der Waals surface area (Å²) in [7, 11) is 0. The van der Waals surface area contributed by atoms with E-state index in [2.05, 4.69) is 5.32 Å². The van der Waals surface area contributed by atoms with E-state index in [9.17, 15) is 18.0 Å². The number of hydrogen-bond acceptors (Lipinski definition) is 4. The molecular formula is C15H15F3N2O3. The molecule has 1 aromatic carbocycles. The first-order chi connectivity index (χ1) is 10.8. The van der Waals surface area contributed by atoms with E-state index in [0.29, 0.717) is 5.76 Å². The largest absolute Gasteiger partial charge is 0.492 e. The lowest BCUT2D eigenvalue weighted by atomic mass is 10.1. The molecule has 1 aromatic heterocycles. The van der Waals surface area contributed by atoms with Crippen LogP contribution >= 0.6 is 0 Å². The lowest BCUT2D eigenvalue weighted by Gasteiger charge is -2.14. The van der Waals surface area contributed by atoms with Gasteiger partial charge >= 0.3 is 6.18 Å². The Labute approximate surface area is 130 Å². The zero-order valence-corrected chi connectivity index (χ0v) is 12.2. The minimum atomic E-state index is -4.52. The van der Waals surface area contributed by atoms with Gasteiger partial charge in [0.05, 0.1) is 30.0 Å². The molecule has 0 aliphatic carbocycles. The summed E-state index contributed by atoms with van der Waals surface area (Å²) in [6, 6.07) is 4.31. The number of carbonyl (C=O) groups excluding carboxylic acids is 1. The number of rotatable bonds is 5. The summed E-state index contributed by atoms with van der Waals surface area (Å²) in [5.74, 6) is -0.0747. The van der Waals surface area contributed by atoms with Gasteiger partial charge in [0.2, 0.25) is 0 Å². The molecule has 2 aromatic rings. The van der Waals surface area contributed by atoms with Crippen LogP contribution in [0, 0.1) is 0 Å². The van der Waals surface area contributed by atoms with Crippen LogP contribution in [0.15, 0.2) is 34.9 Å². The molecule has 8 heteroatoms. The minimum Gasteiger partial charge on any atom is -0.492 e. The maximum atomic E-state index is 12.8. The molecule has 5 nitrogen and oxygen atoms in total. The van der Waals surface area contributed by atoms with Crippen molar-refractivity contribution in [2.24, 2.45) is 5.73 Å². The van der Waals surface area contributed by atoms with Crippen molar-refractivity contribution in [3.63, 3.8) is 0 Å². The summed E-state index contributed by atoms with van der Waals surface area (Å²) >= 11 is 0. The van der Waals surface area contributed by atoms with Crippen LogP contribution in [0.1, 0.15) is 28.6 Å². The second kappa shape index (κ2) is 6.74. The Morgan fingerprint density at radius 2 is 2.09 bits per heavy atom. The highest BCUT2D eigenvalue weighted by atomic mass is 19.4. The minimum absolute atomic E-state index is 0.0674. The van der Waals surface area contributed by atoms with Crippen LogP contribution in [0.5, 0.6) is 5.75 Å². The highest BCUT2D eigenvalue weighted by Crippen LogP contribution is 2.35. The molecule has 0 spiro atoms. The van der Waals surface area contributed by atoms with Gasteiger partial charge in [0.25, 0.3) is 5.91 Å². The zero-order chi connectivity index (χ0) is 17.0. The Morgan fingerprint density at radius 1 is 1.35 bits per heavy atom.